The molecule has 0 atom stereocenters. The third-order valence-electron chi connectivity index (χ3n) is 6.03. The van der Waals surface area contributed by atoms with Gasteiger partial charge in [0.05, 0.1) is 11.3 Å². The molecule has 1 aromatic heterocycles. The molecule has 34 heavy (non-hydrogen) atoms. The van der Waals surface area contributed by atoms with Gasteiger partial charge in [0.25, 0.3) is 11.8 Å². The Hall–Kier alpha value is -3.38. The fourth-order valence-corrected chi connectivity index (χ4v) is 4.21. The van der Waals surface area contributed by atoms with E-state index in [0.717, 1.165) is 35.5 Å². The third kappa shape index (κ3) is 5.94. The number of rotatable bonds is 6. The van der Waals surface area contributed by atoms with Gasteiger partial charge >= 0.3 is 0 Å². The van der Waals surface area contributed by atoms with Crippen molar-refractivity contribution in [2.45, 2.75) is 32.6 Å². The molecule has 176 valence electrons. The minimum atomic E-state index is -0.166. The van der Waals surface area contributed by atoms with Crippen molar-refractivity contribution >= 4 is 29.1 Å². The molecule has 4 rings (SSSR count). The lowest BCUT2D eigenvalue weighted by atomic mass is 9.89. The normalized spacial score (nSPS) is 14.0. The zero-order valence-electron chi connectivity index (χ0n) is 19.4. The van der Waals surface area contributed by atoms with Gasteiger partial charge in [0.1, 0.15) is 5.75 Å². The Labute approximate surface area is 204 Å². The second kappa shape index (κ2) is 10.7. The van der Waals surface area contributed by atoms with Gasteiger partial charge < -0.3 is 15.0 Å². The molecule has 2 heterocycles. The van der Waals surface area contributed by atoms with Crippen LogP contribution in [0.15, 0.2) is 60.7 Å². The lowest BCUT2D eigenvalue weighted by molar-refractivity contribution is -0.134. The molecular weight excluding hydrogens is 450 g/mol. The van der Waals surface area contributed by atoms with E-state index in [1.807, 2.05) is 55.1 Å². The number of hydrogen-bond acceptors (Lipinski definition) is 4. The Morgan fingerprint density at radius 3 is 2.35 bits per heavy atom. The quantitative estimate of drug-likeness (QED) is 0.516. The van der Waals surface area contributed by atoms with E-state index in [1.165, 1.54) is 0 Å². The van der Waals surface area contributed by atoms with Crippen LogP contribution in [0.3, 0.4) is 0 Å². The van der Waals surface area contributed by atoms with Gasteiger partial charge in [0.2, 0.25) is 0 Å². The van der Waals surface area contributed by atoms with Crippen molar-refractivity contribution in [3.63, 3.8) is 0 Å². The van der Waals surface area contributed by atoms with Crippen LogP contribution in [-0.4, -0.2) is 41.4 Å². The van der Waals surface area contributed by atoms with Crippen LogP contribution in [-0.2, 0) is 4.79 Å². The summed E-state index contributed by atoms with van der Waals surface area (Å²) < 4.78 is 5.60. The van der Waals surface area contributed by atoms with Crippen LogP contribution >= 0.6 is 11.6 Å². The van der Waals surface area contributed by atoms with Crippen LogP contribution in [0.2, 0.25) is 5.02 Å². The second-order valence-electron chi connectivity index (χ2n) is 8.60. The number of nitrogens with zero attached hydrogens (tertiary/aromatic N) is 2. The van der Waals surface area contributed by atoms with E-state index in [9.17, 15) is 9.59 Å². The van der Waals surface area contributed by atoms with E-state index in [4.69, 9.17) is 21.3 Å². The lowest BCUT2D eigenvalue weighted by Crippen LogP contribution is -2.40. The Morgan fingerprint density at radius 1 is 1.00 bits per heavy atom. The number of pyridine rings is 1. The molecule has 0 radical (unpaired) electrons. The van der Waals surface area contributed by atoms with E-state index in [2.05, 4.69) is 5.32 Å². The van der Waals surface area contributed by atoms with Crippen molar-refractivity contribution in [3.05, 3.63) is 88.2 Å². The molecular formula is C27H28ClN3O3. The number of anilines is 1. The fourth-order valence-electron chi connectivity index (χ4n) is 4.08. The number of piperidine rings is 1. The monoisotopic (exact) mass is 477 g/mol. The van der Waals surface area contributed by atoms with Crippen LogP contribution in [0.1, 0.15) is 46.1 Å². The predicted molar refractivity (Wildman–Crippen MR) is 134 cm³/mol. The average molecular weight is 478 g/mol. The highest BCUT2D eigenvalue weighted by molar-refractivity contribution is 6.30. The van der Waals surface area contributed by atoms with Crippen LogP contribution in [0.25, 0.3) is 0 Å². The van der Waals surface area contributed by atoms with Crippen molar-refractivity contribution in [1.82, 2.24) is 9.88 Å². The summed E-state index contributed by atoms with van der Waals surface area (Å²) in [5.74, 6) is 0.505. The van der Waals surface area contributed by atoms with Gasteiger partial charge in [-0.25, -0.2) is 0 Å². The number of carbonyl (C=O) groups is 2. The van der Waals surface area contributed by atoms with Crippen molar-refractivity contribution in [1.29, 1.82) is 0 Å². The molecule has 2 amide bonds. The first-order valence-electron chi connectivity index (χ1n) is 11.4. The molecule has 3 aromatic rings. The van der Waals surface area contributed by atoms with Crippen LogP contribution < -0.4 is 10.1 Å². The number of nitrogens with one attached hydrogen (secondary N) is 1. The topological polar surface area (TPSA) is 71.5 Å². The van der Waals surface area contributed by atoms with Gasteiger partial charge in [-0.15, -0.1) is 0 Å². The van der Waals surface area contributed by atoms with Crippen LogP contribution in [0.4, 0.5) is 5.69 Å². The zero-order valence-corrected chi connectivity index (χ0v) is 20.1. The molecule has 1 N–H and O–H groups in total. The minimum Gasteiger partial charge on any atom is -0.484 e. The smallest absolute Gasteiger partial charge is 0.260 e. The number of ether oxygens (including phenoxy) is 1. The molecule has 0 bridgehead atoms. The standard InChI is InChI=1S/C27H28ClN3O3/c1-18-3-8-22(9-4-18)30-27(33)24-12-5-19(2)29-26(24)20-13-15-31(16-14-20)25(32)17-34-23-10-6-21(28)7-11-23/h3-12,20H,13-17H2,1-2H3,(H,30,33). The summed E-state index contributed by atoms with van der Waals surface area (Å²) in [5.41, 5.74) is 4.15. The number of halogens is 1. The number of amides is 2. The second-order valence-corrected chi connectivity index (χ2v) is 9.04. The molecule has 0 spiro atoms. The summed E-state index contributed by atoms with van der Waals surface area (Å²) in [4.78, 5) is 32.2. The molecule has 0 aliphatic carbocycles. The average Bonchev–Trinajstić information content (AvgIpc) is 2.85. The number of benzene rings is 2. The van der Waals surface area contributed by atoms with E-state index >= 15 is 0 Å². The first kappa shape index (κ1) is 23.8. The fraction of sp³-hybridized carbons (Fsp3) is 0.296. The molecule has 1 fully saturated rings. The maximum Gasteiger partial charge on any atom is 0.260 e. The van der Waals surface area contributed by atoms with Gasteiger partial charge in [-0.05, 0) is 75.2 Å². The molecule has 6 nitrogen and oxygen atoms in total. The highest BCUT2D eigenvalue weighted by Gasteiger charge is 2.28. The first-order chi connectivity index (χ1) is 16.4. The molecule has 7 heteroatoms. The van der Waals surface area contributed by atoms with Crippen molar-refractivity contribution in [2.24, 2.45) is 0 Å². The Kier molecular flexibility index (Phi) is 7.48. The van der Waals surface area contributed by atoms with Crippen molar-refractivity contribution < 1.29 is 14.3 Å². The first-order valence-corrected chi connectivity index (χ1v) is 11.8. The van der Waals surface area contributed by atoms with E-state index < -0.39 is 0 Å². The largest absolute Gasteiger partial charge is 0.484 e. The van der Waals surface area contributed by atoms with Crippen LogP contribution in [0.5, 0.6) is 5.75 Å². The predicted octanol–water partition coefficient (Wildman–Crippen LogP) is 5.39. The summed E-state index contributed by atoms with van der Waals surface area (Å²) in [6.45, 7) is 5.12. The van der Waals surface area contributed by atoms with Crippen LogP contribution in [0, 0.1) is 13.8 Å². The van der Waals surface area contributed by atoms with Gasteiger partial charge in [-0.2, -0.15) is 0 Å². The molecule has 2 aromatic carbocycles. The minimum absolute atomic E-state index is 0.0147. The molecule has 1 aliphatic heterocycles. The number of hydrogen-bond donors (Lipinski definition) is 1. The highest BCUT2D eigenvalue weighted by atomic mass is 35.5. The summed E-state index contributed by atoms with van der Waals surface area (Å²) in [7, 11) is 0. The SMILES string of the molecule is Cc1ccc(NC(=O)c2ccc(C)nc2C2CCN(C(=O)COc3ccc(Cl)cc3)CC2)cc1. The van der Waals surface area contributed by atoms with Gasteiger partial charge in [-0.1, -0.05) is 29.3 Å². The third-order valence-corrected chi connectivity index (χ3v) is 6.28. The number of likely N-dealkylation sites (tertiary alicyclic amines) is 1. The number of carbonyl (C=O) groups excluding carboxylic acids is 2. The van der Waals surface area contributed by atoms with Gasteiger partial charge in [0, 0.05) is 35.4 Å². The summed E-state index contributed by atoms with van der Waals surface area (Å²) in [6.07, 6.45) is 1.49. The van der Waals surface area contributed by atoms with Crippen molar-refractivity contribution in [3.8, 4) is 5.75 Å². The Bertz CT molecular complexity index is 1150. The molecule has 0 unspecified atom stereocenters. The Morgan fingerprint density at radius 2 is 1.68 bits per heavy atom. The van der Waals surface area contributed by atoms with Gasteiger partial charge in [0.15, 0.2) is 6.61 Å². The summed E-state index contributed by atoms with van der Waals surface area (Å²) in [6, 6.07) is 18.4. The van der Waals surface area contributed by atoms with E-state index in [-0.39, 0.29) is 24.3 Å². The lowest BCUT2D eigenvalue weighted by Gasteiger charge is -2.32. The molecule has 1 aliphatic rings. The summed E-state index contributed by atoms with van der Waals surface area (Å²) in [5, 5.41) is 3.60. The maximum absolute atomic E-state index is 13.0. The zero-order chi connectivity index (χ0) is 24.1. The van der Waals surface area contributed by atoms with E-state index in [0.29, 0.717) is 29.4 Å². The summed E-state index contributed by atoms with van der Waals surface area (Å²) >= 11 is 5.89. The van der Waals surface area contributed by atoms with E-state index in [1.54, 1.807) is 24.3 Å². The van der Waals surface area contributed by atoms with Gasteiger partial charge in [-0.3, -0.25) is 14.6 Å². The molecule has 1 saturated heterocycles. The highest BCUT2D eigenvalue weighted by Crippen LogP contribution is 2.30. The number of aryl methyl sites for hydroxylation is 2. The van der Waals surface area contributed by atoms with Crippen molar-refractivity contribution in [2.75, 3.05) is 25.0 Å². The maximum atomic E-state index is 13.0. The number of aromatic nitrogens is 1. The Balaban J connectivity index is 1.38. The molecule has 0 saturated carbocycles.